The number of ketones is 1. The third-order valence-corrected chi connectivity index (χ3v) is 5.51. The van der Waals surface area contributed by atoms with E-state index < -0.39 is 10.1 Å². The summed E-state index contributed by atoms with van der Waals surface area (Å²) in [6.45, 7) is 5.49. The van der Waals surface area contributed by atoms with Gasteiger partial charge in [0, 0.05) is 0 Å². The second-order valence-corrected chi connectivity index (χ2v) is 8.36. The van der Waals surface area contributed by atoms with Gasteiger partial charge in [0.25, 0.3) is 0 Å². The van der Waals surface area contributed by atoms with Crippen LogP contribution in [0.5, 0.6) is 11.5 Å². The third-order valence-electron chi connectivity index (χ3n) is 4.17. The fourth-order valence-corrected chi connectivity index (χ4v) is 3.76. The second kappa shape index (κ2) is 10.1. The number of methoxy groups -OCH3 is 1. The van der Waals surface area contributed by atoms with Crippen LogP contribution in [0, 0.1) is 13.8 Å². The molecule has 0 saturated carbocycles. The van der Waals surface area contributed by atoms with E-state index in [4.69, 9.17) is 8.92 Å². The van der Waals surface area contributed by atoms with E-state index in [1.165, 1.54) is 12.2 Å². The normalized spacial score (nSPS) is 11.9. The fourth-order valence-electron chi connectivity index (χ4n) is 2.72. The Labute approximate surface area is 172 Å². The summed E-state index contributed by atoms with van der Waals surface area (Å²) in [5.74, 6) is 0.931. The van der Waals surface area contributed by atoms with E-state index >= 15 is 0 Å². The third kappa shape index (κ3) is 6.91. The molecule has 0 heterocycles. The lowest BCUT2D eigenvalue weighted by Crippen LogP contribution is -2.13. The molecule has 6 heteroatoms. The minimum absolute atomic E-state index is 0.0251. The van der Waals surface area contributed by atoms with Gasteiger partial charge in [-0.3, -0.25) is 4.79 Å². The average Bonchev–Trinajstić information content (AvgIpc) is 2.66. The Morgan fingerprint density at radius 2 is 1.45 bits per heavy atom. The zero-order valence-electron chi connectivity index (χ0n) is 17.1. The number of aryl methyl sites for hydroxylation is 2. The number of ether oxygens (including phenoxy) is 1. The predicted octanol–water partition coefficient (Wildman–Crippen LogP) is 4.73. The number of allylic oxidation sites excluding steroid dienone is 2. The lowest BCUT2D eigenvalue weighted by molar-refractivity contribution is -0.110. The van der Waals surface area contributed by atoms with Gasteiger partial charge in [0.2, 0.25) is 0 Å². The van der Waals surface area contributed by atoms with Gasteiger partial charge in [0.15, 0.2) is 5.78 Å². The SMILES string of the molecule is CCCS(=O)(=O)Oc1ccc(/C=C/C(=O)/C=C/c2ccc(OC)c(C)c2)cc1C. The molecule has 0 spiro atoms. The summed E-state index contributed by atoms with van der Waals surface area (Å²) >= 11 is 0. The van der Waals surface area contributed by atoms with E-state index in [0.717, 1.165) is 22.4 Å². The van der Waals surface area contributed by atoms with Gasteiger partial charge in [-0.25, -0.2) is 0 Å². The first-order valence-corrected chi connectivity index (χ1v) is 10.9. The maximum Gasteiger partial charge on any atom is 0.309 e. The minimum atomic E-state index is -3.58. The van der Waals surface area contributed by atoms with Crippen LogP contribution in [0.1, 0.15) is 35.6 Å². The molecule has 5 nitrogen and oxygen atoms in total. The van der Waals surface area contributed by atoms with Crippen LogP contribution >= 0.6 is 0 Å². The van der Waals surface area contributed by atoms with Crippen molar-refractivity contribution >= 4 is 28.1 Å². The smallest absolute Gasteiger partial charge is 0.309 e. The van der Waals surface area contributed by atoms with Gasteiger partial charge in [-0.2, -0.15) is 8.42 Å². The first kappa shape index (κ1) is 22.4. The molecule has 0 aliphatic rings. The predicted molar refractivity (Wildman–Crippen MR) is 117 cm³/mol. The van der Waals surface area contributed by atoms with Crippen LogP contribution in [0.2, 0.25) is 0 Å². The molecule has 0 aliphatic carbocycles. The van der Waals surface area contributed by atoms with Gasteiger partial charge in [-0.15, -0.1) is 0 Å². The topological polar surface area (TPSA) is 69.7 Å². The quantitative estimate of drug-likeness (QED) is 0.438. The highest BCUT2D eigenvalue weighted by molar-refractivity contribution is 7.87. The van der Waals surface area contributed by atoms with Gasteiger partial charge < -0.3 is 8.92 Å². The molecule has 0 saturated heterocycles. The zero-order chi connectivity index (χ0) is 21.4. The van der Waals surface area contributed by atoms with Gasteiger partial charge in [0.1, 0.15) is 11.5 Å². The minimum Gasteiger partial charge on any atom is -0.496 e. The average molecular weight is 415 g/mol. The van der Waals surface area contributed by atoms with E-state index in [2.05, 4.69) is 0 Å². The summed E-state index contributed by atoms with van der Waals surface area (Å²) in [5.41, 5.74) is 3.38. The van der Waals surface area contributed by atoms with Crippen molar-refractivity contribution in [2.45, 2.75) is 27.2 Å². The second-order valence-electron chi connectivity index (χ2n) is 6.67. The first-order chi connectivity index (χ1) is 13.7. The summed E-state index contributed by atoms with van der Waals surface area (Å²) in [6, 6.07) is 10.8. The van der Waals surface area contributed by atoms with Crippen LogP contribution in [0.15, 0.2) is 48.6 Å². The van der Waals surface area contributed by atoms with Crippen LogP contribution in [0.25, 0.3) is 12.2 Å². The van der Waals surface area contributed by atoms with Gasteiger partial charge in [0.05, 0.1) is 12.9 Å². The molecular weight excluding hydrogens is 388 g/mol. The summed E-state index contributed by atoms with van der Waals surface area (Å²) in [5, 5.41) is 0. The van der Waals surface area contributed by atoms with Gasteiger partial charge >= 0.3 is 10.1 Å². The molecule has 0 aliphatic heterocycles. The van der Waals surface area contributed by atoms with Crippen molar-refractivity contribution in [3.8, 4) is 11.5 Å². The van der Waals surface area contributed by atoms with Crippen molar-refractivity contribution in [1.82, 2.24) is 0 Å². The van der Waals surface area contributed by atoms with Gasteiger partial charge in [-0.05, 0) is 78.9 Å². The Morgan fingerprint density at radius 1 is 0.931 bits per heavy atom. The largest absolute Gasteiger partial charge is 0.496 e. The summed E-state index contributed by atoms with van der Waals surface area (Å²) in [7, 11) is -1.95. The molecule has 2 aromatic carbocycles. The highest BCUT2D eigenvalue weighted by atomic mass is 32.2. The lowest BCUT2D eigenvalue weighted by atomic mass is 10.1. The molecule has 0 N–H and O–H groups in total. The molecule has 0 atom stereocenters. The monoisotopic (exact) mass is 414 g/mol. The molecular formula is C23H26O5S. The summed E-state index contributed by atoms with van der Waals surface area (Å²) in [6.07, 6.45) is 6.90. The zero-order valence-corrected chi connectivity index (χ0v) is 18.0. The highest BCUT2D eigenvalue weighted by Gasteiger charge is 2.12. The van der Waals surface area contributed by atoms with Crippen molar-refractivity contribution in [3.05, 3.63) is 70.8 Å². The standard InChI is InChI=1S/C23H26O5S/c1-5-14-29(25,26)28-23-13-9-20(16-18(23)3)7-11-21(24)10-6-19-8-12-22(27-4)17(2)15-19/h6-13,15-16H,5,14H2,1-4H3/b10-6+,11-7+. The fraction of sp³-hybridized carbons (Fsp3) is 0.261. The molecule has 0 radical (unpaired) electrons. The Morgan fingerprint density at radius 3 is 1.90 bits per heavy atom. The van der Waals surface area contributed by atoms with E-state index in [1.54, 1.807) is 51.3 Å². The first-order valence-electron chi connectivity index (χ1n) is 9.31. The van der Waals surface area contributed by atoms with Crippen molar-refractivity contribution in [3.63, 3.8) is 0 Å². The van der Waals surface area contributed by atoms with Crippen LogP contribution in [-0.2, 0) is 14.9 Å². The van der Waals surface area contributed by atoms with Crippen molar-refractivity contribution in [1.29, 1.82) is 0 Å². The molecule has 0 fully saturated rings. The molecule has 0 bridgehead atoms. The van der Waals surface area contributed by atoms with Crippen LogP contribution in [0.4, 0.5) is 0 Å². The highest BCUT2D eigenvalue weighted by Crippen LogP contribution is 2.22. The van der Waals surface area contributed by atoms with Crippen molar-refractivity contribution in [2.75, 3.05) is 12.9 Å². The number of carbonyl (C=O) groups is 1. The van der Waals surface area contributed by atoms with E-state index in [-0.39, 0.29) is 11.5 Å². The number of hydrogen-bond acceptors (Lipinski definition) is 5. The van der Waals surface area contributed by atoms with Crippen molar-refractivity contribution in [2.24, 2.45) is 0 Å². The Bertz CT molecular complexity index is 1030. The Hall–Kier alpha value is -2.86. The van der Waals surface area contributed by atoms with Gasteiger partial charge in [-0.1, -0.05) is 31.2 Å². The summed E-state index contributed by atoms with van der Waals surface area (Å²) < 4.78 is 34.0. The summed E-state index contributed by atoms with van der Waals surface area (Å²) in [4.78, 5) is 12.1. The number of carbonyl (C=O) groups excluding carboxylic acids is 1. The maximum absolute atomic E-state index is 12.1. The lowest BCUT2D eigenvalue weighted by Gasteiger charge is -2.09. The Balaban J connectivity index is 2.04. The molecule has 0 unspecified atom stereocenters. The molecule has 0 amide bonds. The molecule has 2 rings (SSSR count). The molecule has 154 valence electrons. The van der Waals surface area contributed by atoms with Crippen LogP contribution in [0.3, 0.4) is 0 Å². The molecule has 0 aromatic heterocycles. The maximum atomic E-state index is 12.1. The number of benzene rings is 2. The van der Waals surface area contributed by atoms with Crippen LogP contribution in [-0.4, -0.2) is 27.1 Å². The van der Waals surface area contributed by atoms with Crippen molar-refractivity contribution < 1.29 is 22.1 Å². The number of hydrogen-bond donors (Lipinski definition) is 0. The van der Waals surface area contributed by atoms with Crippen LogP contribution < -0.4 is 8.92 Å². The van der Waals surface area contributed by atoms with E-state index in [0.29, 0.717) is 17.7 Å². The van der Waals surface area contributed by atoms with E-state index in [1.807, 2.05) is 25.1 Å². The molecule has 29 heavy (non-hydrogen) atoms. The number of rotatable bonds is 9. The van der Waals surface area contributed by atoms with E-state index in [9.17, 15) is 13.2 Å². The molecule has 2 aromatic rings. The Kier molecular flexibility index (Phi) is 7.79.